The molecule has 0 radical (unpaired) electrons. The summed E-state index contributed by atoms with van der Waals surface area (Å²) in [6.07, 6.45) is 4.48. The molecule has 188 valence electrons. The summed E-state index contributed by atoms with van der Waals surface area (Å²) in [6.45, 7) is -0.0103. The summed E-state index contributed by atoms with van der Waals surface area (Å²) in [4.78, 5) is 7.94. The van der Waals surface area contributed by atoms with Gasteiger partial charge in [0.15, 0.2) is 10.6 Å². The van der Waals surface area contributed by atoms with Crippen LogP contribution in [-0.4, -0.2) is 34.7 Å². The zero-order chi connectivity index (χ0) is 26.0. The molecule has 0 bridgehead atoms. The fraction of sp³-hybridized carbons (Fsp3) is 0.200. The van der Waals surface area contributed by atoms with E-state index < -0.39 is 15.8 Å². The molecule has 2 heterocycles. The van der Waals surface area contributed by atoms with Crippen molar-refractivity contribution in [3.63, 3.8) is 0 Å². The summed E-state index contributed by atoms with van der Waals surface area (Å²) in [5, 5.41) is 14.1. The number of sulfonamides is 1. The minimum absolute atomic E-state index is 0.0607. The number of rotatable bonds is 9. The first-order valence-corrected chi connectivity index (χ1v) is 13.0. The van der Waals surface area contributed by atoms with E-state index in [2.05, 4.69) is 19.8 Å². The van der Waals surface area contributed by atoms with Crippen LogP contribution >= 0.6 is 0 Å². The van der Waals surface area contributed by atoms with Gasteiger partial charge in [0.05, 0.1) is 11.9 Å². The normalized spacial score (nSPS) is 14.0. The summed E-state index contributed by atoms with van der Waals surface area (Å²) in [5.41, 5.74) is 6.78. The van der Waals surface area contributed by atoms with Gasteiger partial charge in [-0.3, -0.25) is 0 Å². The SMILES string of the molecule is N#CC(=CC1CC1)S(=O)(=O)NCCn1nc(-c2ccc(Oc3ccccc3)cc2F)c2c(N)ncnc21. The monoisotopic (exact) mass is 519 g/mol. The van der Waals surface area contributed by atoms with Gasteiger partial charge >= 0.3 is 0 Å². The summed E-state index contributed by atoms with van der Waals surface area (Å²) in [5.74, 6) is 0.518. The van der Waals surface area contributed by atoms with Gasteiger partial charge in [-0.25, -0.2) is 32.2 Å². The van der Waals surface area contributed by atoms with Gasteiger partial charge in [-0.05, 0) is 43.0 Å². The molecule has 37 heavy (non-hydrogen) atoms. The molecule has 0 spiro atoms. The summed E-state index contributed by atoms with van der Waals surface area (Å²) >= 11 is 0. The quantitative estimate of drug-likeness (QED) is 0.318. The Balaban J connectivity index is 1.41. The van der Waals surface area contributed by atoms with Crippen molar-refractivity contribution in [3.05, 3.63) is 71.7 Å². The van der Waals surface area contributed by atoms with E-state index >= 15 is 4.39 Å². The van der Waals surface area contributed by atoms with Crippen molar-refractivity contribution in [2.45, 2.75) is 19.4 Å². The number of nitrogens with one attached hydrogen (secondary N) is 1. The predicted molar refractivity (Wildman–Crippen MR) is 135 cm³/mol. The Labute approximate surface area is 212 Å². The van der Waals surface area contributed by atoms with E-state index in [1.807, 2.05) is 18.2 Å². The predicted octanol–water partition coefficient (Wildman–Crippen LogP) is 3.74. The van der Waals surface area contributed by atoms with Crippen molar-refractivity contribution < 1.29 is 17.5 Å². The van der Waals surface area contributed by atoms with Crippen LogP contribution in [0.15, 0.2) is 65.8 Å². The number of fused-ring (bicyclic) bond motifs is 1. The van der Waals surface area contributed by atoms with E-state index in [1.165, 1.54) is 29.2 Å². The lowest BCUT2D eigenvalue weighted by atomic mass is 10.1. The number of nitrogen functional groups attached to an aromatic ring is 1. The third-order valence-corrected chi connectivity index (χ3v) is 7.15. The van der Waals surface area contributed by atoms with Gasteiger partial charge in [0.2, 0.25) is 10.0 Å². The average Bonchev–Trinajstić information content (AvgIpc) is 3.63. The van der Waals surface area contributed by atoms with E-state index in [4.69, 9.17) is 10.5 Å². The van der Waals surface area contributed by atoms with Crippen LogP contribution in [0.2, 0.25) is 0 Å². The second kappa shape index (κ2) is 9.96. The number of hydrogen-bond donors (Lipinski definition) is 2. The number of allylic oxidation sites excluding steroid dienone is 2. The number of para-hydroxylation sites is 1. The van der Waals surface area contributed by atoms with Crippen LogP contribution < -0.4 is 15.2 Å². The van der Waals surface area contributed by atoms with Crippen molar-refractivity contribution in [1.29, 1.82) is 5.26 Å². The van der Waals surface area contributed by atoms with Crippen molar-refractivity contribution in [2.75, 3.05) is 12.3 Å². The van der Waals surface area contributed by atoms with Crippen LogP contribution in [-0.2, 0) is 16.6 Å². The highest BCUT2D eigenvalue weighted by Gasteiger charge is 2.25. The molecule has 1 aliphatic carbocycles. The molecule has 0 amide bonds. The van der Waals surface area contributed by atoms with Gasteiger partial charge in [-0.15, -0.1) is 0 Å². The first-order chi connectivity index (χ1) is 17.9. The number of ether oxygens (including phenoxy) is 1. The minimum atomic E-state index is -3.96. The summed E-state index contributed by atoms with van der Waals surface area (Å²) < 4.78 is 49.8. The molecule has 0 unspecified atom stereocenters. The fourth-order valence-electron chi connectivity index (χ4n) is 3.78. The highest BCUT2D eigenvalue weighted by atomic mass is 32.2. The Morgan fingerprint density at radius 1 is 1.22 bits per heavy atom. The lowest BCUT2D eigenvalue weighted by Gasteiger charge is -2.07. The topological polar surface area (TPSA) is 149 Å². The van der Waals surface area contributed by atoms with E-state index in [0.29, 0.717) is 22.5 Å². The molecule has 1 saturated carbocycles. The third kappa shape index (κ3) is 5.28. The van der Waals surface area contributed by atoms with E-state index in [0.717, 1.165) is 12.8 Å². The van der Waals surface area contributed by atoms with E-state index in [9.17, 15) is 13.7 Å². The Bertz CT molecular complexity index is 1640. The molecular formula is C25H22FN7O3S. The largest absolute Gasteiger partial charge is 0.457 e. The standard InChI is InChI=1S/C25H22FN7O3S/c26-21-13-18(36-17-4-2-1-3-5-17)8-9-20(21)23-22-24(28)29-15-30-25(22)33(32-23)11-10-31-37(34,35)19(14-27)12-16-6-7-16/h1-5,8-9,12-13,15-16,31H,6-7,10-11H2,(H2,28,29,30). The molecule has 2 aromatic heterocycles. The average molecular weight is 520 g/mol. The lowest BCUT2D eigenvalue weighted by Crippen LogP contribution is -2.28. The molecule has 3 N–H and O–H groups in total. The number of anilines is 1. The number of benzene rings is 2. The summed E-state index contributed by atoms with van der Waals surface area (Å²) in [6, 6.07) is 15.1. The molecular weight excluding hydrogens is 497 g/mol. The van der Waals surface area contributed by atoms with Gasteiger partial charge in [0, 0.05) is 18.2 Å². The van der Waals surface area contributed by atoms with Gasteiger partial charge in [-0.1, -0.05) is 24.3 Å². The fourth-order valence-corrected chi connectivity index (χ4v) is 4.79. The van der Waals surface area contributed by atoms with Gasteiger partial charge in [0.25, 0.3) is 0 Å². The first-order valence-electron chi connectivity index (χ1n) is 11.5. The van der Waals surface area contributed by atoms with Gasteiger partial charge in [0.1, 0.15) is 41.2 Å². The second-order valence-electron chi connectivity index (χ2n) is 8.46. The Morgan fingerprint density at radius 3 is 2.70 bits per heavy atom. The lowest BCUT2D eigenvalue weighted by molar-refractivity contribution is 0.477. The van der Waals surface area contributed by atoms with Gasteiger partial charge in [-0.2, -0.15) is 10.4 Å². The molecule has 1 fully saturated rings. The minimum Gasteiger partial charge on any atom is -0.457 e. The van der Waals surface area contributed by atoms with Crippen LogP contribution in [0.4, 0.5) is 10.2 Å². The number of nitrogens with zero attached hydrogens (tertiary/aromatic N) is 5. The maximum atomic E-state index is 15.2. The van der Waals surface area contributed by atoms with Crippen LogP contribution in [0.3, 0.4) is 0 Å². The third-order valence-electron chi connectivity index (χ3n) is 5.76. The number of aromatic nitrogens is 4. The number of nitriles is 1. The van der Waals surface area contributed by atoms with Crippen LogP contribution in [0, 0.1) is 23.1 Å². The second-order valence-corrected chi connectivity index (χ2v) is 10.2. The number of hydrogen-bond acceptors (Lipinski definition) is 8. The molecule has 12 heteroatoms. The Morgan fingerprint density at radius 2 is 2.00 bits per heavy atom. The van der Waals surface area contributed by atoms with E-state index in [1.54, 1.807) is 24.3 Å². The number of nitrogens with two attached hydrogens (primary N) is 1. The van der Waals surface area contributed by atoms with Crippen LogP contribution in [0.5, 0.6) is 11.5 Å². The molecule has 0 aliphatic heterocycles. The molecule has 2 aromatic carbocycles. The molecule has 5 rings (SSSR count). The molecule has 10 nitrogen and oxygen atoms in total. The maximum Gasteiger partial charge on any atom is 0.250 e. The number of halogens is 1. The van der Waals surface area contributed by atoms with Crippen molar-refractivity contribution in [3.8, 4) is 28.8 Å². The van der Waals surface area contributed by atoms with Crippen molar-refractivity contribution >= 4 is 26.9 Å². The molecule has 0 saturated heterocycles. The Kier molecular flexibility index (Phi) is 6.56. The highest BCUT2D eigenvalue weighted by Crippen LogP contribution is 2.34. The first kappa shape index (κ1) is 24.4. The van der Waals surface area contributed by atoms with Crippen LogP contribution in [0.25, 0.3) is 22.3 Å². The smallest absolute Gasteiger partial charge is 0.250 e. The zero-order valence-electron chi connectivity index (χ0n) is 19.5. The van der Waals surface area contributed by atoms with Crippen molar-refractivity contribution in [2.24, 2.45) is 5.92 Å². The van der Waals surface area contributed by atoms with Crippen LogP contribution in [0.1, 0.15) is 12.8 Å². The van der Waals surface area contributed by atoms with Gasteiger partial charge < -0.3 is 10.5 Å². The summed E-state index contributed by atoms with van der Waals surface area (Å²) in [7, 11) is -3.96. The highest BCUT2D eigenvalue weighted by molar-refractivity contribution is 7.93. The zero-order valence-corrected chi connectivity index (χ0v) is 20.3. The molecule has 0 atom stereocenters. The Hall–Kier alpha value is -4.34. The van der Waals surface area contributed by atoms with E-state index in [-0.39, 0.29) is 41.0 Å². The van der Waals surface area contributed by atoms with Crippen molar-refractivity contribution in [1.82, 2.24) is 24.5 Å². The molecule has 1 aliphatic rings. The molecule has 4 aromatic rings. The maximum absolute atomic E-state index is 15.2.